The van der Waals surface area contributed by atoms with Crippen molar-refractivity contribution < 1.29 is 9.53 Å². The number of aryl methyl sites for hydroxylation is 1. The first-order chi connectivity index (χ1) is 14.7. The zero-order valence-corrected chi connectivity index (χ0v) is 17.0. The van der Waals surface area contributed by atoms with Gasteiger partial charge in [0, 0.05) is 44.0 Å². The van der Waals surface area contributed by atoms with Crippen molar-refractivity contribution in [1.82, 2.24) is 25.0 Å². The average Bonchev–Trinajstić information content (AvgIpc) is 2.81. The third-order valence-corrected chi connectivity index (χ3v) is 5.39. The first-order valence-corrected chi connectivity index (χ1v) is 10.2. The summed E-state index contributed by atoms with van der Waals surface area (Å²) in [5, 5.41) is 8.42. The van der Waals surface area contributed by atoms with Crippen molar-refractivity contribution in [3.8, 4) is 0 Å². The molecule has 3 aromatic rings. The molecule has 2 aromatic heterocycles. The lowest BCUT2D eigenvalue weighted by Gasteiger charge is -2.34. The summed E-state index contributed by atoms with van der Waals surface area (Å²) in [7, 11) is 0. The quantitative estimate of drug-likeness (QED) is 0.668. The molecule has 1 atom stereocenters. The van der Waals surface area contributed by atoms with E-state index in [1.165, 1.54) is 4.68 Å². The first-order valence-electron chi connectivity index (χ1n) is 10.2. The van der Waals surface area contributed by atoms with E-state index >= 15 is 0 Å². The summed E-state index contributed by atoms with van der Waals surface area (Å²) < 4.78 is 6.81. The number of fused-ring (bicyclic) bond motifs is 1. The van der Waals surface area contributed by atoms with Crippen molar-refractivity contribution in [3.05, 3.63) is 70.4 Å². The molecular formula is C22H25N5O3. The van der Waals surface area contributed by atoms with Gasteiger partial charge >= 0.3 is 0 Å². The van der Waals surface area contributed by atoms with Crippen LogP contribution in [0.4, 0.5) is 0 Å². The molecule has 0 bridgehead atoms. The lowest BCUT2D eigenvalue weighted by atomic mass is 10.1. The number of rotatable bonds is 6. The maximum atomic E-state index is 13.1. The van der Waals surface area contributed by atoms with Crippen LogP contribution in [0.2, 0.25) is 0 Å². The fourth-order valence-corrected chi connectivity index (χ4v) is 3.81. The second kappa shape index (κ2) is 9.15. The Kier molecular flexibility index (Phi) is 6.15. The first kappa shape index (κ1) is 20.2. The Balaban J connectivity index is 1.61. The minimum absolute atomic E-state index is 0.0186. The number of aromatic nitrogens is 3. The highest BCUT2D eigenvalue weighted by molar-refractivity contribution is 6.04. The summed E-state index contributed by atoms with van der Waals surface area (Å²) >= 11 is 0. The van der Waals surface area contributed by atoms with E-state index < -0.39 is 0 Å². The predicted octanol–water partition coefficient (Wildman–Crippen LogP) is 1.61. The number of amides is 1. The van der Waals surface area contributed by atoms with Crippen LogP contribution in [0, 0.1) is 0 Å². The van der Waals surface area contributed by atoms with Gasteiger partial charge in [-0.2, -0.15) is 5.10 Å². The summed E-state index contributed by atoms with van der Waals surface area (Å²) in [6.45, 7) is 5.55. The fourth-order valence-electron chi connectivity index (χ4n) is 3.81. The van der Waals surface area contributed by atoms with Crippen LogP contribution in [-0.4, -0.2) is 58.4 Å². The Bertz CT molecular complexity index is 1080. The van der Waals surface area contributed by atoms with E-state index in [1.54, 1.807) is 24.4 Å². The number of hydrogen-bond acceptors (Lipinski definition) is 6. The zero-order chi connectivity index (χ0) is 20.9. The molecule has 8 heteroatoms. The van der Waals surface area contributed by atoms with Crippen molar-refractivity contribution in [2.75, 3.05) is 32.8 Å². The minimum Gasteiger partial charge on any atom is -0.379 e. The van der Waals surface area contributed by atoms with Gasteiger partial charge in [-0.3, -0.25) is 19.5 Å². The number of nitrogens with zero attached hydrogens (tertiary/aromatic N) is 4. The largest absolute Gasteiger partial charge is 0.379 e. The summed E-state index contributed by atoms with van der Waals surface area (Å²) in [5.41, 5.74) is 1.11. The Hall–Kier alpha value is -3.10. The molecule has 1 aromatic carbocycles. The van der Waals surface area contributed by atoms with Crippen LogP contribution in [0.1, 0.15) is 29.0 Å². The van der Waals surface area contributed by atoms with Crippen molar-refractivity contribution in [3.63, 3.8) is 0 Å². The number of carbonyl (C=O) groups is 1. The van der Waals surface area contributed by atoms with Gasteiger partial charge in [-0.25, -0.2) is 4.68 Å². The molecule has 4 rings (SSSR count). The molecule has 0 radical (unpaired) electrons. The number of nitrogens with one attached hydrogen (secondary N) is 1. The van der Waals surface area contributed by atoms with Crippen LogP contribution in [0.3, 0.4) is 0 Å². The highest BCUT2D eigenvalue weighted by atomic mass is 16.5. The summed E-state index contributed by atoms with van der Waals surface area (Å²) in [4.78, 5) is 32.2. The van der Waals surface area contributed by atoms with Crippen LogP contribution in [0.25, 0.3) is 10.8 Å². The molecule has 1 amide bonds. The van der Waals surface area contributed by atoms with E-state index in [0.717, 1.165) is 18.7 Å². The maximum absolute atomic E-state index is 13.1. The van der Waals surface area contributed by atoms with Crippen molar-refractivity contribution in [2.24, 2.45) is 0 Å². The molecule has 1 aliphatic rings. The molecule has 30 heavy (non-hydrogen) atoms. The molecule has 0 aliphatic carbocycles. The van der Waals surface area contributed by atoms with Crippen molar-refractivity contribution >= 4 is 16.7 Å². The number of pyridine rings is 1. The number of hydrogen-bond donors (Lipinski definition) is 1. The third-order valence-electron chi connectivity index (χ3n) is 5.39. The van der Waals surface area contributed by atoms with Crippen molar-refractivity contribution in [1.29, 1.82) is 0 Å². The van der Waals surface area contributed by atoms with Crippen LogP contribution in [0.15, 0.2) is 53.6 Å². The lowest BCUT2D eigenvalue weighted by Crippen LogP contribution is -2.44. The van der Waals surface area contributed by atoms with Gasteiger partial charge < -0.3 is 10.1 Å². The molecule has 156 valence electrons. The van der Waals surface area contributed by atoms with Crippen molar-refractivity contribution in [2.45, 2.75) is 19.5 Å². The van der Waals surface area contributed by atoms with E-state index in [-0.39, 0.29) is 23.2 Å². The highest BCUT2D eigenvalue weighted by Gasteiger charge is 2.24. The maximum Gasteiger partial charge on any atom is 0.274 e. The number of carbonyl (C=O) groups excluding carboxylic acids is 1. The number of benzene rings is 1. The smallest absolute Gasteiger partial charge is 0.274 e. The van der Waals surface area contributed by atoms with Gasteiger partial charge in [-0.1, -0.05) is 24.3 Å². The van der Waals surface area contributed by atoms with E-state index in [4.69, 9.17) is 4.74 Å². The topological polar surface area (TPSA) is 89.3 Å². The number of ether oxygens (including phenoxy) is 1. The van der Waals surface area contributed by atoms with Crippen LogP contribution in [-0.2, 0) is 11.3 Å². The highest BCUT2D eigenvalue weighted by Crippen LogP contribution is 2.21. The molecule has 0 spiro atoms. The zero-order valence-electron chi connectivity index (χ0n) is 17.0. The van der Waals surface area contributed by atoms with E-state index in [0.29, 0.717) is 37.1 Å². The normalized spacial score (nSPS) is 15.8. The Morgan fingerprint density at radius 2 is 1.93 bits per heavy atom. The van der Waals surface area contributed by atoms with Gasteiger partial charge in [0.05, 0.1) is 24.6 Å². The molecule has 1 aliphatic heterocycles. The van der Waals surface area contributed by atoms with Crippen LogP contribution < -0.4 is 10.9 Å². The van der Waals surface area contributed by atoms with Gasteiger partial charge in [-0.05, 0) is 24.6 Å². The predicted molar refractivity (Wildman–Crippen MR) is 113 cm³/mol. The standard InChI is InChI=1S/C22H25N5O3/c1-2-27-22(29)18-8-4-3-7-17(18)20(25-27)21(28)24-15-19(16-6-5-9-23-14-16)26-10-12-30-13-11-26/h3-9,14,19H,2,10-13,15H2,1H3,(H,24,28). The minimum atomic E-state index is -0.296. The second-order valence-electron chi connectivity index (χ2n) is 7.18. The summed E-state index contributed by atoms with van der Waals surface area (Å²) in [5.74, 6) is -0.296. The monoisotopic (exact) mass is 407 g/mol. The van der Waals surface area contributed by atoms with Gasteiger partial charge in [0.1, 0.15) is 0 Å². The molecule has 1 N–H and O–H groups in total. The Morgan fingerprint density at radius 3 is 2.63 bits per heavy atom. The molecule has 1 unspecified atom stereocenters. The van der Waals surface area contributed by atoms with Gasteiger partial charge in [0.25, 0.3) is 11.5 Å². The number of morpholine rings is 1. The summed E-state index contributed by atoms with van der Waals surface area (Å²) in [6.07, 6.45) is 3.57. The van der Waals surface area contributed by atoms with Crippen LogP contribution >= 0.6 is 0 Å². The lowest BCUT2D eigenvalue weighted by molar-refractivity contribution is 0.0161. The molecule has 3 heterocycles. The second-order valence-corrected chi connectivity index (χ2v) is 7.18. The van der Waals surface area contributed by atoms with E-state index in [2.05, 4.69) is 20.3 Å². The van der Waals surface area contributed by atoms with E-state index in [9.17, 15) is 9.59 Å². The Morgan fingerprint density at radius 1 is 1.17 bits per heavy atom. The molecule has 8 nitrogen and oxygen atoms in total. The van der Waals surface area contributed by atoms with Crippen LogP contribution in [0.5, 0.6) is 0 Å². The molecule has 1 saturated heterocycles. The third kappa shape index (κ3) is 4.10. The van der Waals surface area contributed by atoms with Gasteiger partial charge in [0.15, 0.2) is 5.69 Å². The molecule has 1 fully saturated rings. The summed E-state index contributed by atoms with van der Waals surface area (Å²) in [6, 6.07) is 11.0. The van der Waals surface area contributed by atoms with Gasteiger partial charge in [-0.15, -0.1) is 0 Å². The molecule has 0 saturated carbocycles. The average molecular weight is 407 g/mol. The van der Waals surface area contributed by atoms with E-state index in [1.807, 2.05) is 31.3 Å². The fraction of sp³-hybridized carbons (Fsp3) is 0.364. The Labute approximate surface area is 174 Å². The van der Waals surface area contributed by atoms with Gasteiger partial charge in [0.2, 0.25) is 0 Å². The molecular weight excluding hydrogens is 382 g/mol. The SMILES string of the molecule is CCn1nc(C(=O)NCC(c2cccnc2)N2CCOCC2)c2ccccc2c1=O.